The summed E-state index contributed by atoms with van der Waals surface area (Å²) < 4.78 is 6.95. The van der Waals surface area contributed by atoms with Gasteiger partial charge in [0.25, 0.3) is 0 Å². The zero-order valence-electron chi connectivity index (χ0n) is 14.0. The molecule has 3 aromatic heterocycles. The van der Waals surface area contributed by atoms with E-state index in [9.17, 15) is 10.2 Å². The SMILES string of the molecule is COc1cc([C@H]2C[C@@H](n3ccc4c(N)nc(Cl)nc43)[C@H](O)[C@@H]2O)ccn1. The maximum absolute atomic E-state index is 10.7. The highest BCUT2D eigenvalue weighted by Crippen LogP contribution is 2.43. The highest BCUT2D eigenvalue weighted by molar-refractivity contribution is 6.28. The second-order valence-corrected chi connectivity index (χ2v) is 6.70. The lowest BCUT2D eigenvalue weighted by atomic mass is 9.96. The number of nitrogens with zero attached hydrogens (tertiary/aromatic N) is 4. The van der Waals surface area contributed by atoms with Crippen LogP contribution < -0.4 is 10.5 Å². The molecular weight excluding hydrogens is 358 g/mol. The smallest absolute Gasteiger partial charge is 0.226 e. The number of rotatable bonds is 3. The first-order valence-corrected chi connectivity index (χ1v) is 8.53. The molecule has 4 N–H and O–H groups in total. The van der Waals surface area contributed by atoms with Gasteiger partial charge >= 0.3 is 0 Å². The molecule has 0 aromatic carbocycles. The van der Waals surface area contributed by atoms with Crippen LogP contribution in [0.3, 0.4) is 0 Å². The van der Waals surface area contributed by atoms with Gasteiger partial charge in [-0.3, -0.25) is 0 Å². The van der Waals surface area contributed by atoms with Crippen LogP contribution in [0.5, 0.6) is 5.88 Å². The molecule has 136 valence electrons. The Hall–Kier alpha value is -2.42. The van der Waals surface area contributed by atoms with E-state index in [2.05, 4.69) is 15.0 Å². The molecule has 3 heterocycles. The first-order chi connectivity index (χ1) is 12.5. The molecule has 1 fully saturated rings. The fraction of sp³-hybridized carbons (Fsp3) is 0.353. The minimum absolute atomic E-state index is 0.0402. The van der Waals surface area contributed by atoms with Crippen molar-refractivity contribution in [3.8, 4) is 5.88 Å². The van der Waals surface area contributed by atoms with Gasteiger partial charge in [-0.2, -0.15) is 4.98 Å². The molecule has 0 unspecified atom stereocenters. The summed E-state index contributed by atoms with van der Waals surface area (Å²) in [6.45, 7) is 0. The maximum Gasteiger partial charge on any atom is 0.226 e. The van der Waals surface area contributed by atoms with Gasteiger partial charge < -0.3 is 25.3 Å². The van der Waals surface area contributed by atoms with Crippen LogP contribution in [0.4, 0.5) is 5.82 Å². The maximum atomic E-state index is 10.7. The van der Waals surface area contributed by atoms with Crippen molar-refractivity contribution in [3.63, 3.8) is 0 Å². The van der Waals surface area contributed by atoms with E-state index in [0.29, 0.717) is 23.3 Å². The van der Waals surface area contributed by atoms with E-state index in [1.54, 1.807) is 29.1 Å². The molecule has 26 heavy (non-hydrogen) atoms. The Morgan fingerprint density at radius 2 is 2.08 bits per heavy atom. The number of hydrogen-bond acceptors (Lipinski definition) is 7. The molecule has 0 radical (unpaired) electrons. The zero-order valence-corrected chi connectivity index (χ0v) is 14.7. The van der Waals surface area contributed by atoms with Gasteiger partial charge in [-0.1, -0.05) is 0 Å². The van der Waals surface area contributed by atoms with Crippen LogP contribution in [0.1, 0.15) is 23.9 Å². The van der Waals surface area contributed by atoms with E-state index in [4.69, 9.17) is 22.1 Å². The molecule has 8 nitrogen and oxygen atoms in total. The van der Waals surface area contributed by atoms with Gasteiger partial charge in [0.1, 0.15) is 17.6 Å². The van der Waals surface area contributed by atoms with Crippen LogP contribution in [0.2, 0.25) is 5.28 Å². The van der Waals surface area contributed by atoms with Gasteiger partial charge in [0, 0.05) is 24.4 Å². The molecule has 1 saturated carbocycles. The number of aliphatic hydroxyl groups excluding tert-OH is 2. The second kappa shape index (κ2) is 6.39. The number of aliphatic hydroxyl groups is 2. The normalized spacial score (nSPS) is 25.7. The largest absolute Gasteiger partial charge is 0.481 e. The third-order valence-corrected chi connectivity index (χ3v) is 5.15. The van der Waals surface area contributed by atoms with Crippen molar-refractivity contribution in [2.24, 2.45) is 0 Å². The predicted octanol–water partition coefficient (Wildman–Crippen LogP) is 1.52. The lowest BCUT2D eigenvalue weighted by molar-refractivity contribution is 0.0178. The molecule has 0 bridgehead atoms. The third-order valence-electron chi connectivity index (χ3n) is 4.98. The molecule has 4 atom stereocenters. The van der Waals surface area contributed by atoms with E-state index >= 15 is 0 Å². The number of methoxy groups -OCH3 is 1. The van der Waals surface area contributed by atoms with E-state index in [0.717, 1.165) is 5.56 Å². The van der Waals surface area contributed by atoms with Crippen molar-refractivity contribution in [3.05, 3.63) is 41.4 Å². The summed E-state index contributed by atoms with van der Waals surface area (Å²) in [6, 6.07) is 4.99. The van der Waals surface area contributed by atoms with Crippen molar-refractivity contribution in [2.75, 3.05) is 12.8 Å². The van der Waals surface area contributed by atoms with E-state index in [-0.39, 0.29) is 23.1 Å². The number of pyridine rings is 1. The van der Waals surface area contributed by atoms with Gasteiger partial charge in [-0.25, -0.2) is 9.97 Å². The molecule has 3 aromatic rings. The quantitative estimate of drug-likeness (QED) is 0.593. The first-order valence-electron chi connectivity index (χ1n) is 8.15. The van der Waals surface area contributed by atoms with Crippen molar-refractivity contribution < 1.29 is 14.9 Å². The average molecular weight is 376 g/mol. The number of aromatic nitrogens is 4. The number of halogens is 1. The molecule has 1 aliphatic rings. The van der Waals surface area contributed by atoms with Crippen LogP contribution in [0.25, 0.3) is 11.0 Å². The summed E-state index contributed by atoms with van der Waals surface area (Å²) in [4.78, 5) is 12.3. The number of nitrogens with two attached hydrogens (primary N) is 1. The standard InChI is InChI=1S/C17H18ClN5O3/c1-26-12-6-8(2-4-20-12)10-7-11(14(25)13(10)24)23-5-3-9-15(19)21-17(18)22-16(9)23/h2-6,10-11,13-14,24-25H,7H2,1H3,(H2,19,21,22)/t10-,11-,13-,14+/m1/s1. The molecule has 9 heteroatoms. The number of hydrogen-bond donors (Lipinski definition) is 3. The summed E-state index contributed by atoms with van der Waals surface area (Å²) in [5, 5.41) is 22.0. The van der Waals surface area contributed by atoms with Gasteiger partial charge in [-0.05, 0) is 35.7 Å². The highest BCUT2D eigenvalue weighted by Gasteiger charge is 2.43. The zero-order chi connectivity index (χ0) is 18.4. The van der Waals surface area contributed by atoms with Crippen molar-refractivity contribution in [1.29, 1.82) is 0 Å². The second-order valence-electron chi connectivity index (χ2n) is 6.36. The summed E-state index contributed by atoms with van der Waals surface area (Å²) in [7, 11) is 1.54. The first kappa shape index (κ1) is 17.0. The van der Waals surface area contributed by atoms with Gasteiger partial charge in [-0.15, -0.1) is 0 Å². The molecule has 0 spiro atoms. The summed E-state index contributed by atoms with van der Waals surface area (Å²) in [5.74, 6) is 0.479. The minimum Gasteiger partial charge on any atom is -0.481 e. The van der Waals surface area contributed by atoms with Gasteiger partial charge in [0.05, 0.1) is 24.6 Å². The Morgan fingerprint density at radius 1 is 1.27 bits per heavy atom. The molecule has 4 rings (SSSR count). The van der Waals surface area contributed by atoms with E-state index < -0.39 is 12.2 Å². The Morgan fingerprint density at radius 3 is 2.85 bits per heavy atom. The highest BCUT2D eigenvalue weighted by atomic mass is 35.5. The molecule has 1 aliphatic carbocycles. The summed E-state index contributed by atoms with van der Waals surface area (Å²) in [6.07, 6.45) is 2.02. The van der Waals surface area contributed by atoms with Crippen LogP contribution in [0.15, 0.2) is 30.6 Å². The Bertz CT molecular complexity index is 963. The number of anilines is 1. The molecule has 0 saturated heterocycles. The number of nitrogen functional groups attached to an aromatic ring is 1. The van der Waals surface area contributed by atoms with Crippen LogP contribution in [0, 0.1) is 0 Å². The Kier molecular flexibility index (Phi) is 4.18. The molecule has 0 aliphatic heterocycles. The van der Waals surface area contributed by atoms with Crippen LogP contribution in [-0.2, 0) is 0 Å². The number of fused-ring (bicyclic) bond motifs is 1. The lowest BCUT2D eigenvalue weighted by Crippen LogP contribution is -2.28. The van der Waals surface area contributed by atoms with Crippen LogP contribution >= 0.6 is 11.6 Å². The fourth-order valence-electron chi connectivity index (χ4n) is 3.68. The fourth-order valence-corrected chi connectivity index (χ4v) is 3.85. The Balaban J connectivity index is 1.72. The molecule has 0 amide bonds. The monoisotopic (exact) mass is 375 g/mol. The van der Waals surface area contributed by atoms with Crippen LogP contribution in [-0.4, -0.2) is 49.0 Å². The van der Waals surface area contributed by atoms with Crippen molar-refractivity contribution in [2.45, 2.75) is 30.6 Å². The van der Waals surface area contributed by atoms with Gasteiger partial charge in [0.2, 0.25) is 11.2 Å². The third kappa shape index (κ3) is 2.66. The topological polar surface area (TPSA) is 119 Å². The van der Waals surface area contributed by atoms with Gasteiger partial charge in [0.15, 0.2) is 0 Å². The lowest BCUT2D eigenvalue weighted by Gasteiger charge is -2.19. The Labute approximate surface area is 154 Å². The van der Waals surface area contributed by atoms with Crippen molar-refractivity contribution >= 4 is 28.5 Å². The van der Waals surface area contributed by atoms with E-state index in [1.165, 1.54) is 7.11 Å². The summed E-state index contributed by atoms with van der Waals surface area (Å²) >= 11 is 5.93. The number of ether oxygens (including phenoxy) is 1. The predicted molar refractivity (Wildman–Crippen MR) is 96.1 cm³/mol. The minimum atomic E-state index is -0.968. The van der Waals surface area contributed by atoms with E-state index in [1.807, 2.05) is 6.07 Å². The summed E-state index contributed by atoms with van der Waals surface area (Å²) in [5.41, 5.74) is 7.29. The van der Waals surface area contributed by atoms with Crippen molar-refractivity contribution in [1.82, 2.24) is 19.5 Å². The molecular formula is C17H18ClN5O3. The average Bonchev–Trinajstić information content (AvgIpc) is 3.17.